The van der Waals surface area contributed by atoms with Gasteiger partial charge in [-0.3, -0.25) is 9.79 Å². The van der Waals surface area contributed by atoms with Crippen LogP contribution in [0.3, 0.4) is 0 Å². The van der Waals surface area contributed by atoms with Gasteiger partial charge in [-0.1, -0.05) is 6.07 Å². The number of hydrogen-bond acceptors (Lipinski definition) is 4. The third kappa shape index (κ3) is 4.42. The van der Waals surface area contributed by atoms with E-state index >= 15 is 0 Å². The molecule has 1 aromatic rings. The smallest absolute Gasteiger partial charge is 0.229 e. The fourth-order valence-electron chi connectivity index (χ4n) is 3.21. The number of benzene rings is 1. The summed E-state index contributed by atoms with van der Waals surface area (Å²) in [5, 5.41) is 6.69. The molecule has 3 rings (SSSR count). The van der Waals surface area contributed by atoms with E-state index in [0.29, 0.717) is 18.9 Å². The van der Waals surface area contributed by atoms with Crippen LogP contribution < -0.4 is 20.3 Å². The number of methoxy groups -OCH3 is 1. The summed E-state index contributed by atoms with van der Waals surface area (Å²) in [4.78, 5) is 18.4. The number of nitrogens with one attached hydrogen (secondary N) is 2. The zero-order chi connectivity index (χ0) is 17.6. The van der Waals surface area contributed by atoms with Gasteiger partial charge in [-0.2, -0.15) is 0 Å². The molecule has 2 unspecified atom stereocenters. The molecule has 2 N–H and O–H groups in total. The zero-order valence-electron chi connectivity index (χ0n) is 14.8. The minimum atomic E-state index is 0.0322. The molecule has 2 aliphatic rings. The summed E-state index contributed by atoms with van der Waals surface area (Å²) in [6, 6.07) is 7.61. The molecule has 136 valence electrons. The Balaban J connectivity index is 1.55. The van der Waals surface area contributed by atoms with Crippen molar-refractivity contribution in [2.75, 3.05) is 45.4 Å². The molecular formula is C18H26N4O3. The normalized spacial score (nSPS) is 23.8. The van der Waals surface area contributed by atoms with Crippen molar-refractivity contribution in [2.24, 2.45) is 10.9 Å². The maximum absolute atomic E-state index is 12.4. The highest BCUT2D eigenvalue weighted by Crippen LogP contribution is 2.25. The van der Waals surface area contributed by atoms with Crippen molar-refractivity contribution in [3.63, 3.8) is 0 Å². The van der Waals surface area contributed by atoms with Crippen molar-refractivity contribution in [3.05, 3.63) is 24.3 Å². The van der Waals surface area contributed by atoms with Crippen LogP contribution in [0.25, 0.3) is 0 Å². The van der Waals surface area contributed by atoms with E-state index in [1.807, 2.05) is 24.3 Å². The van der Waals surface area contributed by atoms with Crippen LogP contribution >= 0.6 is 0 Å². The number of carbonyl (C=O) groups excluding carboxylic acids is 1. The molecule has 1 amide bonds. The van der Waals surface area contributed by atoms with Gasteiger partial charge < -0.3 is 25.0 Å². The first kappa shape index (κ1) is 17.5. The Labute approximate surface area is 148 Å². The summed E-state index contributed by atoms with van der Waals surface area (Å²) in [5.41, 5.74) is 0.861. The second kappa shape index (κ2) is 8.20. The number of aliphatic imine (C=N–C) groups is 1. The fraction of sp³-hybridized carbons (Fsp3) is 0.556. The van der Waals surface area contributed by atoms with Crippen LogP contribution in [-0.2, 0) is 9.53 Å². The Morgan fingerprint density at radius 3 is 3.08 bits per heavy atom. The van der Waals surface area contributed by atoms with E-state index in [-0.39, 0.29) is 11.9 Å². The first-order chi connectivity index (χ1) is 12.2. The number of ether oxygens (including phenoxy) is 2. The summed E-state index contributed by atoms with van der Waals surface area (Å²) in [6.45, 7) is 3.08. The molecule has 0 aliphatic carbocycles. The van der Waals surface area contributed by atoms with Gasteiger partial charge in [0.2, 0.25) is 5.91 Å². The topological polar surface area (TPSA) is 75.2 Å². The Morgan fingerprint density at radius 1 is 1.48 bits per heavy atom. The number of anilines is 1. The van der Waals surface area contributed by atoms with Gasteiger partial charge in [0.1, 0.15) is 5.75 Å². The molecule has 2 aliphatic heterocycles. The first-order valence-corrected chi connectivity index (χ1v) is 8.69. The van der Waals surface area contributed by atoms with Gasteiger partial charge in [-0.15, -0.1) is 0 Å². The Bertz CT molecular complexity index is 629. The minimum Gasteiger partial charge on any atom is -0.497 e. The number of amides is 1. The fourth-order valence-corrected chi connectivity index (χ4v) is 3.21. The van der Waals surface area contributed by atoms with Crippen LogP contribution in [0.1, 0.15) is 12.8 Å². The molecule has 2 fully saturated rings. The number of guanidine groups is 1. The molecule has 2 atom stereocenters. The van der Waals surface area contributed by atoms with Crippen molar-refractivity contribution in [2.45, 2.75) is 18.9 Å². The number of carbonyl (C=O) groups is 1. The van der Waals surface area contributed by atoms with Gasteiger partial charge in [-0.05, 0) is 18.6 Å². The van der Waals surface area contributed by atoms with Gasteiger partial charge >= 0.3 is 0 Å². The molecule has 0 spiro atoms. The second-order valence-electron chi connectivity index (χ2n) is 6.43. The van der Waals surface area contributed by atoms with E-state index < -0.39 is 0 Å². The predicted molar refractivity (Wildman–Crippen MR) is 97.2 cm³/mol. The lowest BCUT2D eigenvalue weighted by Gasteiger charge is -2.20. The van der Waals surface area contributed by atoms with E-state index in [1.165, 1.54) is 0 Å². The van der Waals surface area contributed by atoms with Crippen molar-refractivity contribution in [3.8, 4) is 5.75 Å². The summed E-state index contributed by atoms with van der Waals surface area (Å²) < 4.78 is 10.6. The van der Waals surface area contributed by atoms with Gasteiger partial charge in [-0.25, -0.2) is 0 Å². The van der Waals surface area contributed by atoms with Crippen LogP contribution in [0.4, 0.5) is 5.69 Å². The average Bonchev–Trinajstić information content (AvgIpc) is 3.28. The molecular weight excluding hydrogens is 320 g/mol. The van der Waals surface area contributed by atoms with E-state index in [2.05, 4.69) is 15.6 Å². The van der Waals surface area contributed by atoms with E-state index in [4.69, 9.17) is 9.47 Å². The molecule has 7 heteroatoms. The first-order valence-electron chi connectivity index (χ1n) is 8.69. The summed E-state index contributed by atoms with van der Waals surface area (Å²) >= 11 is 0. The molecule has 25 heavy (non-hydrogen) atoms. The highest BCUT2D eigenvalue weighted by Gasteiger charge is 2.31. The molecule has 2 saturated heterocycles. The molecule has 7 nitrogen and oxygen atoms in total. The Hall–Kier alpha value is -2.28. The van der Waals surface area contributed by atoms with Crippen molar-refractivity contribution in [1.29, 1.82) is 0 Å². The lowest BCUT2D eigenvalue weighted by atomic mass is 10.1. The van der Waals surface area contributed by atoms with E-state index in [9.17, 15) is 4.79 Å². The van der Waals surface area contributed by atoms with Gasteiger partial charge in [0, 0.05) is 50.8 Å². The summed E-state index contributed by atoms with van der Waals surface area (Å²) in [5.74, 6) is 2.11. The Morgan fingerprint density at radius 2 is 2.36 bits per heavy atom. The summed E-state index contributed by atoms with van der Waals surface area (Å²) in [7, 11) is 3.37. The highest BCUT2D eigenvalue weighted by molar-refractivity contribution is 5.97. The van der Waals surface area contributed by atoms with Crippen LogP contribution in [0.2, 0.25) is 0 Å². The number of hydrogen-bond donors (Lipinski definition) is 2. The lowest BCUT2D eigenvalue weighted by molar-refractivity contribution is -0.117. The third-order valence-electron chi connectivity index (χ3n) is 4.64. The van der Waals surface area contributed by atoms with Crippen molar-refractivity contribution in [1.82, 2.24) is 10.6 Å². The summed E-state index contributed by atoms with van der Waals surface area (Å²) in [6.07, 6.45) is 1.53. The van der Waals surface area contributed by atoms with Crippen LogP contribution in [0.5, 0.6) is 5.75 Å². The van der Waals surface area contributed by atoms with Crippen molar-refractivity contribution < 1.29 is 14.3 Å². The van der Waals surface area contributed by atoms with Crippen LogP contribution in [0.15, 0.2) is 29.3 Å². The number of nitrogens with zero attached hydrogens (tertiary/aromatic N) is 2. The molecule has 2 heterocycles. The molecule has 0 radical (unpaired) electrons. The van der Waals surface area contributed by atoms with Gasteiger partial charge in [0.15, 0.2) is 5.96 Å². The largest absolute Gasteiger partial charge is 0.497 e. The Kier molecular flexibility index (Phi) is 5.75. The van der Waals surface area contributed by atoms with E-state index in [0.717, 1.165) is 43.6 Å². The third-order valence-corrected chi connectivity index (χ3v) is 4.64. The molecule has 0 aromatic heterocycles. The lowest BCUT2D eigenvalue weighted by Crippen LogP contribution is -2.46. The quantitative estimate of drug-likeness (QED) is 0.615. The predicted octanol–water partition coefficient (Wildman–Crippen LogP) is 1.00. The maximum atomic E-state index is 12.4. The monoisotopic (exact) mass is 346 g/mol. The minimum absolute atomic E-state index is 0.0322. The van der Waals surface area contributed by atoms with Gasteiger partial charge in [0.05, 0.1) is 19.8 Å². The molecule has 1 aromatic carbocycles. The molecule has 0 bridgehead atoms. The second-order valence-corrected chi connectivity index (χ2v) is 6.43. The van der Waals surface area contributed by atoms with E-state index in [1.54, 1.807) is 19.1 Å². The van der Waals surface area contributed by atoms with Crippen LogP contribution in [0, 0.1) is 5.92 Å². The molecule has 0 saturated carbocycles. The number of rotatable bonds is 5. The van der Waals surface area contributed by atoms with Crippen LogP contribution in [-0.4, -0.2) is 58.4 Å². The maximum Gasteiger partial charge on any atom is 0.229 e. The van der Waals surface area contributed by atoms with Crippen molar-refractivity contribution >= 4 is 17.6 Å². The van der Waals surface area contributed by atoms with Gasteiger partial charge in [0.25, 0.3) is 0 Å². The highest BCUT2D eigenvalue weighted by atomic mass is 16.5. The SMILES string of the molecule is CN=C(NCC1CCOC1)NC1CC(=O)N(c2cccc(OC)c2)C1. The standard InChI is InChI=1S/C18H26N4O3/c1-19-18(20-10-13-6-7-25-12-13)21-14-8-17(23)22(11-14)15-4-3-5-16(9-15)24-2/h3-5,9,13-14H,6-8,10-12H2,1-2H3,(H2,19,20,21). The zero-order valence-corrected chi connectivity index (χ0v) is 14.8. The average molecular weight is 346 g/mol.